The molecule has 1 aromatic heterocycles. The third-order valence-electron chi connectivity index (χ3n) is 2.65. The van der Waals surface area contributed by atoms with Crippen molar-refractivity contribution in [2.24, 2.45) is 11.1 Å². The van der Waals surface area contributed by atoms with E-state index < -0.39 is 25.7 Å². The number of primary sulfonamides is 1. The molecular weight excluding hydrogens is 248 g/mol. The van der Waals surface area contributed by atoms with E-state index in [0.717, 1.165) is 25.5 Å². The van der Waals surface area contributed by atoms with Crippen molar-refractivity contribution in [1.29, 1.82) is 0 Å². The van der Waals surface area contributed by atoms with Crippen molar-refractivity contribution in [1.82, 2.24) is 9.78 Å². The van der Waals surface area contributed by atoms with E-state index in [4.69, 9.17) is 5.14 Å². The fourth-order valence-corrected chi connectivity index (χ4v) is 2.19. The molecule has 1 fully saturated rings. The molecule has 0 aromatic carbocycles. The maximum atomic E-state index is 11.1. The maximum Gasteiger partial charge on any atom is 0.410 e. The van der Waals surface area contributed by atoms with E-state index >= 15 is 0 Å². The third kappa shape index (κ3) is 2.80. The van der Waals surface area contributed by atoms with Gasteiger partial charge in [-0.1, -0.05) is 12.8 Å². The summed E-state index contributed by atoms with van der Waals surface area (Å²) in [6.07, 6.45) is 4.29. The number of nitro groups is 1. The molecule has 0 radical (unpaired) electrons. The van der Waals surface area contributed by atoms with E-state index in [1.165, 1.54) is 4.68 Å². The first kappa shape index (κ1) is 12.0. The molecule has 0 bridgehead atoms. The van der Waals surface area contributed by atoms with Gasteiger partial charge in [0.15, 0.2) is 0 Å². The first-order valence-electron chi connectivity index (χ1n) is 5.12. The van der Waals surface area contributed by atoms with Crippen LogP contribution >= 0.6 is 0 Å². The number of hydrogen-bond donors (Lipinski definition) is 1. The normalized spacial score (nSPS) is 16.1. The van der Waals surface area contributed by atoms with E-state index in [0.29, 0.717) is 12.5 Å². The average molecular weight is 260 g/mol. The molecule has 1 aromatic rings. The summed E-state index contributed by atoms with van der Waals surface area (Å²) >= 11 is 0. The Morgan fingerprint density at radius 3 is 2.65 bits per heavy atom. The van der Waals surface area contributed by atoms with E-state index in [9.17, 15) is 18.5 Å². The van der Waals surface area contributed by atoms with Gasteiger partial charge in [0.2, 0.25) is 14.9 Å². The first-order chi connectivity index (χ1) is 7.88. The smallest absolute Gasteiger partial charge is 0.358 e. The van der Waals surface area contributed by atoms with Gasteiger partial charge >= 0.3 is 5.82 Å². The van der Waals surface area contributed by atoms with Crippen LogP contribution in [0.25, 0.3) is 0 Å². The van der Waals surface area contributed by atoms with Crippen molar-refractivity contribution in [3.05, 3.63) is 16.3 Å². The average Bonchev–Trinajstić information content (AvgIpc) is 2.91. The summed E-state index contributed by atoms with van der Waals surface area (Å²) in [6.45, 7) is 0.473. The van der Waals surface area contributed by atoms with Crippen LogP contribution in [-0.4, -0.2) is 23.1 Å². The molecule has 0 atom stereocenters. The first-order valence-corrected chi connectivity index (χ1v) is 6.67. The highest BCUT2D eigenvalue weighted by atomic mass is 32.2. The summed E-state index contributed by atoms with van der Waals surface area (Å²) in [6, 6.07) is 0. The van der Waals surface area contributed by atoms with E-state index in [2.05, 4.69) is 5.10 Å². The van der Waals surface area contributed by atoms with Crippen molar-refractivity contribution < 1.29 is 13.3 Å². The molecule has 1 aliphatic carbocycles. The van der Waals surface area contributed by atoms with Gasteiger partial charge in [0.25, 0.3) is 0 Å². The van der Waals surface area contributed by atoms with Crippen LogP contribution in [0.5, 0.6) is 0 Å². The van der Waals surface area contributed by atoms with Crippen LogP contribution < -0.4 is 5.14 Å². The van der Waals surface area contributed by atoms with Crippen molar-refractivity contribution >= 4 is 15.8 Å². The van der Waals surface area contributed by atoms with Crippen LogP contribution in [0.4, 0.5) is 5.82 Å². The van der Waals surface area contributed by atoms with Crippen molar-refractivity contribution in [2.75, 3.05) is 0 Å². The molecule has 0 unspecified atom stereocenters. The predicted octanol–water partition coefficient (Wildman–Crippen LogP) is 0.239. The largest absolute Gasteiger partial charge is 0.410 e. The van der Waals surface area contributed by atoms with Crippen LogP contribution in [-0.2, 0) is 16.6 Å². The second-order valence-corrected chi connectivity index (χ2v) is 5.64. The minimum Gasteiger partial charge on any atom is -0.358 e. The van der Waals surface area contributed by atoms with Gasteiger partial charge in [0.05, 0.1) is 17.8 Å². The number of rotatable bonds is 5. The molecule has 17 heavy (non-hydrogen) atoms. The zero-order chi connectivity index (χ0) is 12.6. The highest BCUT2D eigenvalue weighted by Crippen LogP contribution is 2.33. The lowest BCUT2D eigenvalue weighted by atomic mass is 10.3. The minimum atomic E-state index is -4.11. The molecule has 1 heterocycles. The number of aromatic nitrogens is 2. The molecule has 1 saturated carbocycles. The fraction of sp³-hybridized carbons (Fsp3) is 0.625. The molecule has 0 amide bonds. The second-order valence-electron chi connectivity index (χ2n) is 4.11. The number of aryl methyl sites for hydroxylation is 1. The summed E-state index contributed by atoms with van der Waals surface area (Å²) in [5, 5.41) is 19.2. The fourth-order valence-electron chi connectivity index (χ4n) is 1.56. The Hall–Kier alpha value is -1.48. The summed E-state index contributed by atoms with van der Waals surface area (Å²) in [4.78, 5) is 9.27. The van der Waals surface area contributed by atoms with Crippen molar-refractivity contribution in [3.63, 3.8) is 0 Å². The molecule has 2 N–H and O–H groups in total. The zero-order valence-electron chi connectivity index (χ0n) is 8.94. The van der Waals surface area contributed by atoms with Gasteiger partial charge in [0, 0.05) is 0 Å². The lowest BCUT2D eigenvalue weighted by Gasteiger charge is -1.93. The minimum absolute atomic E-state index is 0.473. The molecule has 2 rings (SSSR count). The van der Waals surface area contributed by atoms with Gasteiger partial charge in [-0.15, -0.1) is 0 Å². The highest BCUT2D eigenvalue weighted by molar-refractivity contribution is 7.89. The molecule has 0 saturated heterocycles. The lowest BCUT2D eigenvalue weighted by molar-refractivity contribution is -0.392. The molecule has 8 nitrogen and oxygen atoms in total. The third-order valence-corrected chi connectivity index (χ3v) is 3.55. The van der Waals surface area contributed by atoms with Crippen LogP contribution in [0, 0.1) is 16.0 Å². The Morgan fingerprint density at radius 1 is 1.59 bits per heavy atom. The van der Waals surface area contributed by atoms with Crippen molar-refractivity contribution in [2.45, 2.75) is 30.7 Å². The van der Waals surface area contributed by atoms with Gasteiger partial charge in [-0.3, -0.25) is 0 Å². The van der Waals surface area contributed by atoms with E-state index in [1.54, 1.807) is 0 Å². The maximum absolute atomic E-state index is 11.1. The number of nitrogens with two attached hydrogens (primary N) is 1. The second kappa shape index (κ2) is 4.08. The van der Waals surface area contributed by atoms with Crippen LogP contribution in [0.1, 0.15) is 19.3 Å². The van der Waals surface area contributed by atoms with Gasteiger partial charge in [-0.25, -0.2) is 13.6 Å². The Balaban J connectivity index is 2.26. The number of nitrogens with zero attached hydrogens (tertiary/aromatic N) is 3. The summed E-state index contributed by atoms with van der Waals surface area (Å²) in [5.41, 5.74) is 0. The monoisotopic (exact) mass is 260 g/mol. The van der Waals surface area contributed by atoms with Gasteiger partial charge in [-0.2, -0.15) is 4.68 Å². The molecule has 1 aliphatic rings. The van der Waals surface area contributed by atoms with E-state index in [1.807, 2.05) is 0 Å². The van der Waals surface area contributed by atoms with Gasteiger partial charge < -0.3 is 10.1 Å². The standard InChI is InChI=1S/C8H12N4O4S/c9-17(15,16)7-5-11(4-3-6-1-2-6)10-8(7)12(13)14/h5-6H,1-4H2,(H2,9,15,16). The Kier molecular flexibility index (Phi) is 2.87. The predicted molar refractivity (Wildman–Crippen MR) is 57.6 cm³/mol. The zero-order valence-corrected chi connectivity index (χ0v) is 9.76. The number of sulfonamides is 1. The van der Waals surface area contributed by atoms with Crippen LogP contribution in [0.3, 0.4) is 0 Å². The SMILES string of the molecule is NS(=O)(=O)c1cn(CCC2CC2)nc1[N+](=O)[O-]. The summed E-state index contributed by atoms with van der Waals surface area (Å²) < 4.78 is 23.6. The molecule has 9 heteroatoms. The molecule has 0 spiro atoms. The van der Waals surface area contributed by atoms with Gasteiger partial charge in [-0.05, 0) is 17.3 Å². The Bertz CT molecular complexity index is 546. The van der Waals surface area contributed by atoms with E-state index in [-0.39, 0.29) is 0 Å². The Morgan fingerprint density at radius 2 is 2.24 bits per heavy atom. The quantitative estimate of drug-likeness (QED) is 0.600. The topological polar surface area (TPSA) is 121 Å². The van der Waals surface area contributed by atoms with Crippen molar-refractivity contribution in [3.8, 4) is 0 Å². The van der Waals surface area contributed by atoms with Crippen LogP contribution in [0.2, 0.25) is 0 Å². The summed E-state index contributed by atoms with van der Waals surface area (Å²) in [5.74, 6) is -0.0699. The molecule has 94 valence electrons. The number of hydrogen-bond acceptors (Lipinski definition) is 5. The Labute approximate surface area is 97.6 Å². The van der Waals surface area contributed by atoms with Gasteiger partial charge in [0.1, 0.15) is 0 Å². The van der Waals surface area contributed by atoms with Crippen LogP contribution in [0.15, 0.2) is 11.1 Å². The lowest BCUT2D eigenvalue weighted by Crippen LogP contribution is -2.13. The highest BCUT2D eigenvalue weighted by Gasteiger charge is 2.29. The summed E-state index contributed by atoms with van der Waals surface area (Å²) in [7, 11) is -4.11. The molecule has 0 aliphatic heterocycles. The molecular formula is C8H12N4O4S.